The number of carbonyl (C=O) groups is 8. The van der Waals surface area contributed by atoms with Crippen LogP contribution in [0, 0.1) is 11.8 Å². The first-order valence-electron chi connectivity index (χ1n) is 30.9. The van der Waals surface area contributed by atoms with Crippen LogP contribution in [0.5, 0.6) is 0 Å². The normalized spacial score (nSPS) is 19.2. The average molecular weight is 1270 g/mol. The molecule has 4 fully saturated rings. The second kappa shape index (κ2) is 31.1. The van der Waals surface area contributed by atoms with Gasteiger partial charge in [-0.3, -0.25) is 38.4 Å². The highest BCUT2D eigenvalue weighted by Crippen LogP contribution is 2.31. The molecule has 2 aliphatic heterocycles. The highest BCUT2D eigenvalue weighted by Gasteiger charge is 2.43. The fourth-order valence-corrected chi connectivity index (χ4v) is 12.9. The molecule has 8 amide bonds. The third-order valence-corrected chi connectivity index (χ3v) is 18.6. The number of halogens is 1. The van der Waals surface area contributed by atoms with Crippen LogP contribution in [0.25, 0.3) is 11.1 Å². The van der Waals surface area contributed by atoms with Crippen LogP contribution in [0.4, 0.5) is 0 Å². The van der Waals surface area contributed by atoms with Gasteiger partial charge in [0.2, 0.25) is 35.4 Å². The van der Waals surface area contributed by atoms with Crippen molar-refractivity contribution in [1.29, 1.82) is 0 Å². The van der Waals surface area contributed by atoms with Gasteiger partial charge in [0.25, 0.3) is 11.8 Å². The van der Waals surface area contributed by atoms with E-state index in [1.165, 1.54) is 13.8 Å². The molecule has 4 aliphatic rings. The number of hydrogen-bond donors (Lipinski definition) is 3. The Labute approximate surface area is 516 Å². The van der Waals surface area contributed by atoms with Crippen LogP contribution in [-0.2, 0) is 41.6 Å². The lowest BCUT2D eigenvalue weighted by Crippen LogP contribution is -2.64. The summed E-state index contributed by atoms with van der Waals surface area (Å²) in [6, 6.07) is 31.7. The standard InChI is InChI=1S/C67H88IN9O8/c1-46(68)62(80)70-60(54-22-14-8-15-23-54)66(84)76-40-38-72(48(3)78)42-58(76)44-74(36-34-50-18-10-6-11-19-50)64(82)56-30-26-52(27-31-56)53-28-32-57(33-29-53)65(83)75(37-35-51-20-12-7-13-21-51)45-59-43-73(49(4)79)39-41-77(59)67(85)61(55-24-16-9-17-25-55)71-63(81)47(2)69-5/h6-7,10-13,18-21,26-33,46-47,54-55,58-61,69H,8-9,14-17,22-25,34-45H2,1-5H3,(H,70,80)(H,71,81)/t46-,47-,58-,59-,60-,61-/m0/s1. The quantitative estimate of drug-likeness (QED) is 0.0532. The van der Waals surface area contributed by atoms with Crippen LogP contribution >= 0.6 is 22.6 Å². The Bertz CT molecular complexity index is 2900. The van der Waals surface area contributed by atoms with E-state index in [2.05, 4.69) is 38.5 Å². The molecule has 6 atom stereocenters. The number of hydrogen-bond acceptors (Lipinski definition) is 9. The van der Waals surface area contributed by atoms with Crippen LogP contribution < -0.4 is 16.0 Å². The van der Waals surface area contributed by atoms with Gasteiger partial charge in [-0.25, -0.2) is 0 Å². The number of benzene rings is 4. The lowest BCUT2D eigenvalue weighted by Gasteiger charge is -2.45. The van der Waals surface area contributed by atoms with Crippen molar-refractivity contribution in [3.05, 3.63) is 131 Å². The molecule has 456 valence electrons. The largest absolute Gasteiger partial charge is 0.343 e. The summed E-state index contributed by atoms with van der Waals surface area (Å²) < 4.78 is -0.331. The van der Waals surface area contributed by atoms with Crippen molar-refractivity contribution in [3.63, 3.8) is 0 Å². The van der Waals surface area contributed by atoms with Gasteiger partial charge in [-0.1, -0.05) is 146 Å². The van der Waals surface area contributed by atoms with Gasteiger partial charge >= 0.3 is 0 Å². The molecule has 0 spiro atoms. The molecule has 18 heteroatoms. The molecular formula is C67H88IN9O8. The predicted molar refractivity (Wildman–Crippen MR) is 339 cm³/mol. The van der Waals surface area contributed by atoms with Gasteiger partial charge in [0, 0.05) is 90.4 Å². The topological polar surface area (TPSA) is 192 Å². The van der Waals surface area contributed by atoms with Crippen LogP contribution in [0.1, 0.15) is 124 Å². The Morgan fingerprint density at radius 2 is 0.894 bits per heavy atom. The van der Waals surface area contributed by atoms with E-state index in [9.17, 15) is 38.4 Å². The summed E-state index contributed by atoms with van der Waals surface area (Å²) in [5.74, 6) is -1.46. The van der Waals surface area contributed by atoms with Crippen LogP contribution in [-0.4, -0.2) is 183 Å². The fourth-order valence-electron chi connectivity index (χ4n) is 12.8. The number of piperazine rings is 2. The molecule has 3 N–H and O–H groups in total. The van der Waals surface area contributed by atoms with E-state index in [1.807, 2.05) is 102 Å². The van der Waals surface area contributed by atoms with Crippen molar-refractivity contribution in [2.24, 2.45) is 11.8 Å². The Morgan fingerprint density at radius 1 is 0.518 bits per heavy atom. The summed E-state index contributed by atoms with van der Waals surface area (Å²) in [5, 5.41) is 9.24. The number of amides is 8. The maximum absolute atomic E-state index is 15.0. The third-order valence-electron chi connectivity index (χ3n) is 18.0. The molecule has 2 heterocycles. The van der Waals surface area contributed by atoms with Crippen molar-refractivity contribution in [2.45, 2.75) is 139 Å². The highest BCUT2D eigenvalue weighted by molar-refractivity contribution is 14.1. The summed E-state index contributed by atoms with van der Waals surface area (Å²) in [4.78, 5) is 123. The van der Waals surface area contributed by atoms with E-state index in [0.717, 1.165) is 86.5 Å². The molecule has 85 heavy (non-hydrogen) atoms. The molecule has 0 radical (unpaired) electrons. The average Bonchev–Trinajstić information content (AvgIpc) is 3.32. The van der Waals surface area contributed by atoms with E-state index < -0.39 is 30.2 Å². The van der Waals surface area contributed by atoms with Crippen LogP contribution in [0.15, 0.2) is 109 Å². The van der Waals surface area contributed by atoms with Crippen molar-refractivity contribution < 1.29 is 38.4 Å². The predicted octanol–water partition coefficient (Wildman–Crippen LogP) is 7.40. The van der Waals surface area contributed by atoms with E-state index >= 15 is 0 Å². The Kier molecular flexibility index (Phi) is 23.6. The van der Waals surface area contributed by atoms with Crippen molar-refractivity contribution in [3.8, 4) is 11.1 Å². The zero-order valence-electron chi connectivity index (χ0n) is 50.4. The van der Waals surface area contributed by atoms with E-state index in [0.29, 0.717) is 50.1 Å². The molecule has 2 aliphatic carbocycles. The second-order valence-corrected chi connectivity index (χ2v) is 25.7. The summed E-state index contributed by atoms with van der Waals surface area (Å²) in [5.41, 5.74) is 4.67. The van der Waals surface area contributed by atoms with E-state index in [4.69, 9.17) is 0 Å². The van der Waals surface area contributed by atoms with Crippen LogP contribution in [0.2, 0.25) is 0 Å². The second-order valence-electron chi connectivity index (χ2n) is 23.8. The number of likely N-dealkylation sites (N-methyl/N-ethyl adjacent to an activating group) is 1. The lowest BCUT2D eigenvalue weighted by atomic mass is 9.83. The maximum atomic E-state index is 15.0. The third kappa shape index (κ3) is 17.3. The number of alkyl halides is 1. The smallest absolute Gasteiger partial charge is 0.253 e. The first kappa shape index (κ1) is 64.3. The number of nitrogens with one attached hydrogen (secondary N) is 3. The molecule has 4 aromatic rings. The summed E-state index contributed by atoms with van der Waals surface area (Å²) in [6.45, 7) is 9.45. The molecule has 4 aromatic carbocycles. The molecular weight excluding hydrogens is 1190 g/mol. The van der Waals surface area contributed by atoms with E-state index in [1.54, 1.807) is 57.8 Å². The molecule has 2 saturated heterocycles. The molecule has 0 aromatic heterocycles. The summed E-state index contributed by atoms with van der Waals surface area (Å²) >= 11 is 2.08. The van der Waals surface area contributed by atoms with Gasteiger partial charge in [0.15, 0.2) is 0 Å². The van der Waals surface area contributed by atoms with Crippen LogP contribution in [0.3, 0.4) is 0 Å². The zero-order chi connectivity index (χ0) is 60.6. The van der Waals surface area contributed by atoms with Crippen molar-refractivity contribution in [1.82, 2.24) is 45.3 Å². The summed E-state index contributed by atoms with van der Waals surface area (Å²) in [6.07, 6.45) is 10.6. The molecule has 2 saturated carbocycles. The minimum absolute atomic E-state index is 0.00490. The van der Waals surface area contributed by atoms with Gasteiger partial charge in [-0.2, -0.15) is 0 Å². The fraction of sp³-hybridized carbons (Fsp3) is 0.522. The van der Waals surface area contributed by atoms with Crippen molar-refractivity contribution in [2.75, 3.05) is 72.5 Å². The zero-order valence-corrected chi connectivity index (χ0v) is 52.6. The molecule has 0 bridgehead atoms. The number of nitrogens with zero attached hydrogens (tertiary/aromatic N) is 6. The number of rotatable bonds is 22. The lowest BCUT2D eigenvalue weighted by molar-refractivity contribution is -0.146. The van der Waals surface area contributed by atoms with Gasteiger partial charge in [-0.15, -0.1) is 0 Å². The highest BCUT2D eigenvalue weighted by atomic mass is 127. The SMILES string of the molecule is CN[C@@H](C)C(=O)N[C@H](C(=O)N1CCN(C(C)=O)C[C@H]1CN(CCc1ccccc1)C(=O)c1ccc(-c2ccc(C(=O)N(CCc3ccccc3)C[C@@H]3CN(C(C)=O)CCN3C(=O)[C@@H](NC(=O)[C@H](C)I)C3CCCCC3)cc2)cc1)C1CCCCC1. The van der Waals surface area contributed by atoms with Crippen molar-refractivity contribution >= 4 is 69.8 Å². The molecule has 8 rings (SSSR count). The minimum atomic E-state index is -0.734. The molecule has 17 nitrogen and oxygen atoms in total. The Morgan fingerprint density at radius 3 is 1.25 bits per heavy atom. The van der Waals surface area contributed by atoms with Gasteiger partial charge in [0.1, 0.15) is 12.1 Å². The first-order chi connectivity index (χ1) is 41.0. The molecule has 0 unspecified atom stereocenters. The minimum Gasteiger partial charge on any atom is -0.343 e. The van der Waals surface area contributed by atoms with Gasteiger partial charge < -0.3 is 45.3 Å². The van der Waals surface area contributed by atoms with Gasteiger partial charge in [0.05, 0.1) is 22.1 Å². The maximum Gasteiger partial charge on any atom is 0.253 e. The number of carbonyl (C=O) groups excluding carboxylic acids is 8. The Balaban J connectivity index is 1.03. The van der Waals surface area contributed by atoms with E-state index in [-0.39, 0.29) is 102 Å². The Hall–Kier alpha value is -6.67. The first-order valence-corrected chi connectivity index (χ1v) is 32.1. The monoisotopic (exact) mass is 1270 g/mol. The van der Waals surface area contributed by atoms with Gasteiger partial charge in [-0.05, 0) is 118 Å². The summed E-state index contributed by atoms with van der Waals surface area (Å²) in [7, 11) is 1.72.